The molecule has 4 rings (SSSR count). The highest BCUT2D eigenvalue weighted by atomic mass is 16.2. The number of benzene rings is 2. The van der Waals surface area contributed by atoms with Crippen LogP contribution >= 0.6 is 0 Å². The summed E-state index contributed by atoms with van der Waals surface area (Å²) in [4.78, 5) is 30.7. The van der Waals surface area contributed by atoms with Gasteiger partial charge < -0.3 is 20.0 Å². The van der Waals surface area contributed by atoms with Crippen molar-refractivity contribution in [3.8, 4) is 0 Å². The van der Waals surface area contributed by atoms with Crippen LogP contribution in [-0.4, -0.2) is 56.0 Å². The average molecular weight is 393 g/mol. The molecular weight excluding hydrogens is 364 g/mol. The Labute approximate surface area is 172 Å². The Morgan fingerprint density at radius 1 is 0.793 bits per heavy atom. The van der Waals surface area contributed by atoms with E-state index in [1.165, 1.54) is 18.5 Å². The lowest BCUT2D eigenvalue weighted by Crippen LogP contribution is -2.50. The summed E-state index contributed by atoms with van der Waals surface area (Å²) in [6.07, 6.45) is 2.51. The smallest absolute Gasteiger partial charge is 0.321 e. The van der Waals surface area contributed by atoms with Crippen molar-refractivity contribution >= 4 is 28.9 Å². The highest BCUT2D eigenvalue weighted by molar-refractivity contribution is 5.95. The van der Waals surface area contributed by atoms with Crippen LogP contribution < -0.4 is 15.1 Å². The molecule has 1 N–H and O–H groups in total. The topological polar surface area (TPSA) is 55.9 Å². The van der Waals surface area contributed by atoms with Crippen molar-refractivity contribution in [2.24, 2.45) is 0 Å². The molecule has 0 saturated carbocycles. The Morgan fingerprint density at radius 3 is 2.10 bits per heavy atom. The van der Waals surface area contributed by atoms with E-state index in [0.29, 0.717) is 13.1 Å². The Balaban J connectivity index is 1.31. The lowest BCUT2D eigenvalue weighted by molar-refractivity contribution is 0.101. The molecule has 2 aliphatic rings. The normalized spacial score (nSPS) is 16.8. The maximum atomic E-state index is 12.6. The van der Waals surface area contributed by atoms with E-state index in [4.69, 9.17) is 0 Å². The lowest BCUT2D eigenvalue weighted by atomic mass is 10.1. The number of hydrogen-bond donors (Lipinski definition) is 1. The number of ketones is 1. The van der Waals surface area contributed by atoms with Gasteiger partial charge in [0, 0.05) is 61.9 Å². The van der Waals surface area contributed by atoms with Gasteiger partial charge in [0.2, 0.25) is 0 Å². The summed E-state index contributed by atoms with van der Waals surface area (Å²) in [5.41, 5.74) is 3.81. The summed E-state index contributed by atoms with van der Waals surface area (Å²) in [5, 5.41) is 3.01. The molecule has 0 aromatic heterocycles. The number of Topliss-reactive ketones (excluding diaryl/α,β-unsaturated/α-hetero) is 1. The molecule has 6 nitrogen and oxygen atoms in total. The quantitative estimate of drug-likeness (QED) is 0.803. The fourth-order valence-corrected chi connectivity index (χ4v) is 4.02. The number of nitrogens with zero attached hydrogens (tertiary/aromatic N) is 3. The first kappa shape index (κ1) is 19.3. The first-order valence-corrected chi connectivity index (χ1v) is 10.4. The Morgan fingerprint density at radius 2 is 1.45 bits per heavy atom. The minimum atomic E-state index is -0.0592. The van der Waals surface area contributed by atoms with Crippen molar-refractivity contribution in [2.45, 2.75) is 19.8 Å². The largest absolute Gasteiger partial charge is 0.372 e. The van der Waals surface area contributed by atoms with Gasteiger partial charge in [0.15, 0.2) is 5.78 Å². The van der Waals surface area contributed by atoms with E-state index >= 15 is 0 Å². The van der Waals surface area contributed by atoms with Crippen molar-refractivity contribution in [3.63, 3.8) is 0 Å². The zero-order valence-corrected chi connectivity index (χ0v) is 16.9. The van der Waals surface area contributed by atoms with Gasteiger partial charge in [0.25, 0.3) is 0 Å². The van der Waals surface area contributed by atoms with Gasteiger partial charge in [0.05, 0.1) is 0 Å². The fraction of sp³-hybridized carbons (Fsp3) is 0.391. The molecule has 0 bridgehead atoms. The molecule has 2 heterocycles. The van der Waals surface area contributed by atoms with E-state index in [1.54, 1.807) is 6.92 Å². The molecule has 0 atom stereocenters. The zero-order chi connectivity index (χ0) is 20.2. The minimum Gasteiger partial charge on any atom is -0.372 e. The number of urea groups is 1. The van der Waals surface area contributed by atoms with E-state index in [1.807, 2.05) is 41.3 Å². The predicted molar refractivity (Wildman–Crippen MR) is 117 cm³/mol. The van der Waals surface area contributed by atoms with Crippen LogP contribution in [-0.2, 0) is 0 Å². The molecule has 0 spiro atoms. The van der Waals surface area contributed by atoms with Gasteiger partial charge in [-0.05, 0) is 56.2 Å². The van der Waals surface area contributed by atoms with Gasteiger partial charge in [-0.3, -0.25) is 4.79 Å². The summed E-state index contributed by atoms with van der Waals surface area (Å²) >= 11 is 0. The maximum absolute atomic E-state index is 12.6. The highest BCUT2D eigenvalue weighted by Gasteiger charge is 2.22. The molecule has 2 saturated heterocycles. The second-order valence-electron chi connectivity index (χ2n) is 7.75. The van der Waals surface area contributed by atoms with Gasteiger partial charge in [-0.25, -0.2) is 4.79 Å². The average Bonchev–Trinajstić information content (AvgIpc) is 3.29. The summed E-state index contributed by atoms with van der Waals surface area (Å²) in [6.45, 7) is 6.63. The summed E-state index contributed by atoms with van der Waals surface area (Å²) in [7, 11) is 0. The van der Waals surface area contributed by atoms with Crippen molar-refractivity contribution in [1.82, 2.24) is 4.90 Å². The molecule has 2 aromatic carbocycles. The van der Waals surface area contributed by atoms with Crippen LogP contribution in [0.2, 0.25) is 0 Å². The molecule has 2 aromatic rings. The maximum Gasteiger partial charge on any atom is 0.321 e. The number of piperazine rings is 1. The third-order valence-corrected chi connectivity index (χ3v) is 5.77. The first-order chi connectivity index (χ1) is 14.1. The second-order valence-corrected chi connectivity index (χ2v) is 7.75. The second kappa shape index (κ2) is 8.55. The standard InChI is InChI=1S/C23H28N4O2/c1-18(28)19-5-4-6-22(17-19)26-13-15-27(16-14-26)23(29)24-20-7-9-21(10-8-20)25-11-2-3-12-25/h4-10,17H,2-3,11-16H2,1H3,(H,24,29). The molecule has 2 aliphatic heterocycles. The van der Waals surface area contributed by atoms with Crippen LogP contribution in [0.15, 0.2) is 48.5 Å². The van der Waals surface area contributed by atoms with Gasteiger partial charge in [-0.1, -0.05) is 12.1 Å². The van der Waals surface area contributed by atoms with Crippen LogP contribution in [0.4, 0.5) is 21.9 Å². The first-order valence-electron chi connectivity index (χ1n) is 10.4. The summed E-state index contributed by atoms with van der Waals surface area (Å²) in [5.74, 6) is 0.0700. The predicted octanol–water partition coefficient (Wildman–Crippen LogP) is 3.84. The van der Waals surface area contributed by atoms with Gasteiger partial charge >= 0.3 is 6.03 Å². The molecule has 29 heavy (non-hydrogen) atoms. The Bertz CT molecular complexity index is 867. The summed E-state index contributed by atoms with van der Waals surface area (Å²) in [6, 6.07) is 15.8. The number of carbonyl (C=O) groups excluding carboxylic acids is 2. The third-order valence-electron chi connectivity index (χ3n) is 5.77. The molecular formula is C23H28N4O2. The number of carbonyl (C=O) groups is 2. The Kier molecular flexibility index (Phi) is 5.69. The van der Waals surface area contributed by atoms with E-state index in [2.05, 4.69) is 27.2 Å². The van der Waals surface area contributed by atoms with E-state index in [9.17, 15) is 9.59 Å². The number of amides is 2. The fourth-order valence-electron chi connectivity index (χ4n) is 4.02. The van der Waals surface area contributed by atoms with Crippen LogP contribution in [0.3, 0.4) is 0 Å². The molecule has 0 aliphatic carbocycles. The van der Waals surface area contributed by atoms with Crippen molar-refractivity contribution < 1.29 is 9.59 Å². The van der Waals surface area contributed by atoms with E-state index in [0.717, 1.165) is 43.1 Å². The highest BCUT2D eigenvalue weighted by Crippen LogP contribution is 2.23. The number of rotatable bonds is 4. The SMILES string of the molecule is CC(=O)c1cccc(N2CCN(C(=O)Nc3ccc(N4CCCC4)cc3)CC2)c1. The number of anilines is 3. The lowest BCUT2D eigenvalue weighted by Gasteiger charge is -2.36. The summed E-state index contributed by atoms with van der Waals surface area (Å²) < 4.78 is 0. The monoisotopic (exact) mass is 392 g/mol. The molecule has 6 heteroatoms. The molecule has 2 amide bonds. The molecule has 0 radical (unpaired) electrons. The van der Waals surface area contributed by atoms with Crippen molar-refractivity contribution in [3.05, 3.63) is 54.1 Å². The van der Waals surface area contributed by atoms with Gasteiger partial charge in [-0.2, -0.15) is 0 Å². The van der Waals surface area contributed by atoms with Crippen LogP contribution in [0, 0.1) is 0 Å². The molecule has 0 unspecified atom stereocenters. The van der Waals surface area contributed by atoms with Crippen LogP contribution in [0.5, 0.6) is 0 Å². The van der Waals surface area contributed by atoms with Crippen LogP contribution in [0.25, 0.3) is 0 Å². The van der Waals surface area contributed by atoms with Crippen LogP contribution in [0.1, 0.15) is 30.1 Å². The Hall–Kier alpha value is -3.02. The number of hydrogen-bond acceptors (Lipinski definition) is 4. The van der Waals surface area contributed by atoms with Gasteiger partial charge in [0.1, 0.15) is 0 Å². The van der Waals surface area contributed by atoms with Gasteiger partial charge in [-0.15, -0.1) is 0 Å². The zero-order valence-electron chi connectivity index (χ0n) is 16.9. The number of nitrogens with one attached hydrogen (secondary N) is 1. The third kappa shape index (κ3) is 4.53. The van der Waals surface area contributed by atoms with Crippen molar-refractivity contribution in [2.75, 3.05) is 54.4 Å². The van der Waals surface area contributed by atoms with Crippen molar-refractivity contribution in [1.29, 1.82) is 0 Å². The molecule has 2 fully saturated rings. The van der Waals surface area contributed by atoms with E-state index in [-0.39, 0.29) is 11.8 Å². The minimum absolute atomic E-state index is 0.0592. The molecule has 152 valence electrons. The van der Waals surface area contributed by atoms with E-state index < -0.39 is 0 Å².